The molecule has 0 aliphatic carbocycles. The van der Waals surface area contributed by atoms with Gasteiger partial charge in [-0.25, -0.2) is 0 Å². The van der Waals surface area contributed by atoms with Crippen molar-refractivity contribution in [2.24, 2.45) is 0 Å². The number of rotatable bonds is 5. The van der Waals surface area contributed by atoms with Crippen molar-refractivity contribution in [1.82, 2.24) is 5.32 Å². The lowest BCUT2D eigenvalue weighted by Gasteiger charge is -2.12. The average Bonchev–Trinajstić information content (AvgIpc) is 2.36. The summed E-state index contributed by atoms with van der Waals surface area (Å²) in [6, 6.07) is 11.5. The molecular weight excluding hydrogens is 373 g/mol. The van der Waals surface area contributed by atoms with E-state index >= 15 is 0 Å². The van der Waals surface area contributed by atoms with E-state index < -0.39 is 0 Å². The van der Waals surface area contributed by atoms with E-state index in [4.69, 9.17) is 27.9 Å². The van der Waals surface area contributed by atoms with E-state index in [0.717, 1.165) is 16.8 Å². The van der Waals surface area contributed by atoms with Crippen molar-refractivity contribution in [2.75, 3.05) is 0 Å². The zero-order valence-electron chi connectivity index (χ0n) is 11.8. The summed E-state index contributed by atoms with van der Waals surface area (Å²) in [6.45, 7) is 5.05. The van der Waals surface area contributed by atoms with Crippen molar-refractivity contribution in [3.63, 3.8) is 0 Å². The molecule has 112 valence electrons. The van der Waals surface area contributed by atoms with Crippen LogP contribution in [0.5, 0.6) is 11.5 Å². The number of hydrogen-bond acceptors (Lipinski definition) is 2. The minimum atomic E-state index is 0.446. The molecule has 0 heterocycles. The molecule has 0 fully saturated rings. The van der Waals surface area contributed by atoms with Crippen LogP contribution in [-0.4, -0.2) is 6.04 Å². The van der Waals surface area contributed by atoms with Gasteiger partial charge in [-0.15, -0.1) is 0 Å². The number of ether oxygens (including phenoxy) is 1. The van der Waals surface area contributed by atoms with Crippen molar-refractivity contribution in [1.29, 1.82) is 0 Å². The number of halogens is 3. The molecule has 0 amide bonds. The van der Waals surface area contributed by atoms with Gasteiger partial charge in [-0.1, -0.05) is 59.0 Å². The van der Waals surface area contributed by atoms with Crippen molar-refractivity contribution in [2.45, 2.75) is 26.4 Å². The van der Waals surface area contributed by atoms with Crippen LogP contribution in [0.3, 0.4) is 0 Å². The first-order valence-electron chi connectivity index (χ1n) is 6.60. The topological polar surface area (TPSA) is 21.3 Å². The normalized spacial score (nSPS) is 11.0. The Kier molecular flexibility index (Phi) is 5.94. The molecule has 0 spiro atoms. The Bertz CT molecular complexity index is 611. The van der Waals surface area contributed by atoms with Crippen molar-refractivity contribution in [3.05, 3.63) is 56.5 Å². The predicted octanol–water partition coefficient (Wildman–Crippen LogP) is 6.05. The Morgan fingerprint density at radius 2 is 1.71 bits per heavy atom. The SMILES string of the molecule is CC(C)NCc1ccc(Oc2cc(Cl)cc(Cl)c2)cc1Br. The summed E-state index contributed by atoms with van der Waals surface area (Å²) < 4.78 is 6.78. The average molecular weight is 389 g/mol. The summed E-state index contributed by atoms with van der Waals surface area (Å²) in [4.78, 5) is 0. The molecule has 0 radical (unpaired) electrons. The molecule has 5 heteroatoms. The van der Waals surface area contributed by atoms with Gasteiger partial charge in [-0.3, -0.25) is 0 Å². The lowest BCUT2D eigenvalue weighted by Crippen LogP contribution is -2.21. The highest BCUT2D eigenvalue weighted by Gasteiger charge is 2.05. The summed E-state index contributed by atoms with van der Waals surface area (Å²) in [5.74, 6) is 1.35. The van der Waals surface area contributed by atoms with Gasteiger partial charge in [0.15, 0.2) is 0 Å². The van der Waals surface area contributed by atoms with E-state index in [0.29, 0.717) is 21.8 Å². The van der Waals surface area contributed by atoms with E-state index in [9.17, 15) is 0 Å². The van der Waals surface area contributed by atoms with E-state index in [2.05, 4.69) is 35.1 Å². The highest BCUT2D eigenvalue weighted by molar-refractivity contribution is 9.10. The molecule has 2 aromatic rings. The molecule has 0 saturated carbocycles. The molecule has 0 saturated heterocycles. The molecule has 0 unspecified atom stereocenters. The third-order valence-electron chi connectivity index (χ3n) is 2.80. The highest BCUT2D eigenvalue weighted by Crippen LogP contribution is 2.30. The van der Waals surface area contributed by atoms with Crippen LogP contribution in [0.15, 0.2) is 40.9 Å². The van der Waals surface area contributed by atoms with E-state index in [1.54, 1.807) is 18.2 Å². The van der Waals surface area contributed by atoms with E-state index in [-0.39, 0.29) is 0 Å². The van der Waals surface area contributed by atoms with Crippen molar-refractivity contribution >= 4 is 39.1 Å². The maximum absolute atomic E-state index is 5.96. The maximum atomic E-state index is 5.96. The lowest BCUT2D eigenvalue weighted by molar-refractivity contribution is 0.482. The smallest absolute Gasteiger partial charge is 0.130 e. The Balaban J connectivity index is 2.12. The van der Waals surface area contributed by atoms with Crippen LogP contribution in [0.2, 0.25) is 10.0 Å². The van der Waals surface area contributed by atoms with Crippen molar-refractivity contribution < 1.29 is 4.74 Å². The fourth-order valence-corrected chi connectivity index (χ4v) is 2.78. The number of nitrogens with one attached hydrogen (secondary N) is 1. The number of hydrogen-bond donors (Lipinski definition) is 1. The van der Waals surface area contributed by atoms with Gasteiger partial charge >= 0.3 is 0 Å². The molecule has 2 nitrogen and oxygen atoms in total. The fourth-order valence-electron chi connectivity index (χ4n) is 1.77. The molecule has 1 N–H and O–H groups in total. The third kappa shape index (κ3) is 5.19. The summed E-state index contributed by atoms with van der Waals surface area (Å²) in [5, 5.41) is 4.48. The molecule has 0 aliphatic heterocycles. The molecule has 21 heavy (non-hydrogen) atoms. The van der Waals surface area contributed by atoms with Gasteiger partial charge in [0, 0.05) is 27.1 Å². The molecule has 2 rings (SSSR count). The van der Waals surface area contributed by atoms with Crippen LogP contribution >= 0.6 is 39.1 Å². The summed E-state index contributed by atoms with van der Waals surface area (Å²) in [7, 11) is 0. The maximum Gasteiger partial charge on any atom is 0.130 e. The van der Waals surface area contributed by atoms with Crippen LogP contribution in [0.25, 0.3) is 0 Å². The van der Waals surface area contributed by atoms with Crippen molar-refractivity contribution in [3.8, 4) is 11.5 Å². The van der Waals surface area contributed by atoms with E-state index in [1.165, 1.54) is 5.56 Å². The molecule has 0 aromatic heterocycles. The molecule has 2 aromatic carbocycles. The first kappa shape index (κ1) is 16.6. The zero-order chi connectivity index (χ0) is 15.4. The van der Waals surface area contributed by atoms with Gasteiger partial charge in [0.05, 0.1) is 0 Å². The van der Waals surface area contributed by atoms with Crippen LogP contribution in [-0.2, 0) is 6.54 Å². The Morgan fingerprint density at radius 3 is 2.29 bits per heavy atom. The second-order valence-corrected chi connectivity index (χ2v) is 6.72. The van der Waals surface area contributed by atoms with Gasteiger partial charge in [0.25, 0.3) is 0 Å². The zero-order valence-corrected chi connectivity index (χ0v) is 14.9. The van der Waals surface area contributed by atoms with Crippen LogP contribution in [0.1, 0.15) is 19.4 Å². The first-order chi connectivity index (χ1) is 9.94. The van der Waals surface area contributed by atoms with Gasteiger partial charge in [-0.05, 0) is 35.9 Å². The summed E-state index contributed by atoms with van der Waals surface area (Å²) in [5.41, 5.74) is 1.18. The second-order valence-electron chi connectivity index (χ2n) is 5.00. The quantitative estimate of drug-likeness (QED) is 0.673. The van der Waals surface area contributed by atoms with Crippen LogP contribution in [0.4, 0.5) is 0 Å². The van der Waals surface area contributed by atoms with Crippen LogP contribution in [0, 0.1) is 0 Å². The Morgan fingerprint density at radius 1 is 1.05 bits per heavy atom. The van der Waals surface area contributed by atoms with Gasteiger partial charge in [0.1, 0.15) is 11.5 Å². The van der Waals surface area contributed by atoms with Gasteiger partial charge in [0.2, 0.25) is 0 Å². The highest BCUT2D eigenvalue weighted by atomic mass is 79.9. The monoisotopic (exact) mass is 387 g/mol. The number of benzene rings is 2. The van der Waals surface area contributed by atoms with Gasteiger partial charge in [-0.2, -0.15) is 0 Å². The third-order valence-corrected chi connectivity index (χ3v) is 3.97. The standard InChI is InChI=1S/C16H16BrCl2NO/c1-10(2)20-9-11-3-4-14(8-16(11)17)21-15-6-12(18)5-13(19)7-15/h3-8,10,20H,9H2,1-2H3. The van der Waals surface area contributed by atoms with Gasteiger partial charge < -0.3 is 10.1 Å². The Hall–Kier alpha value is -0.740. The Labute approximate surface area is 143 Å². The van der Waals surface area contributed by atoms with Crippen LogP contribution < -0.4 is 10.1 Å². The first-order valence-corrected chi connectivity index (χ1v) is 8.14. The molecule has 0 atom stereocenters. The molecular formula is C16H16BrCl2NO. The largest absolute Gasteiger partial charge is 0.457 e. The second kappa shape index (κ2) is 7.50. The fraction of sp³-hybridized carbons (Fsp3) is 0.250. The molecule has 0 aliphatic rings. The summed E-state index contributed by atoms with van der Waals surface area (Å²) >= 11 is 15.5. The lowest BCUT2D eigenvalue weighted by atomic mass is 10.2. The minimum absolute atomic E-state index is 0.446. The van der Waals surface area contributed by atoms with E-state index in [1.807, 2.05) is 18.2 Å². The molecule has 0 bridgehead atoms. The predicted molar refractivity (Wildman–Crippen MR) is 92.7 cm³/mol. The minimum Gasteiger partial charge on any atom is -0.457 e. The summed E-state index contributed by atoms with van der Waals surface area (Å²) in [6.07, 6.45) is 0.